The second kappa shape index (κ2) is 4.78. The Morgan fingerprint density at radius 1 is 1.26 bits per heavy atom. The van der Waals surface area contributed by atoms with Crippen LogP contribution < -0.4 is 5.32 Å². The van der Waals surface area contributed by atoms with Crippen molar-refractivity contribution in [3.05, 3.63) is 0 Å². The van der Waals surface area contributed by atoms with Crippen LogP contribution in [0, 0.1) is 0 Å². The van der Waals surface area contributed by atoms with Gasteiger partial charge in [0.25, 0.3) is 0 Å². The molecule has 0 radical (unpaired) electrons. The zero-order chi connectivity index (χ0) is 14.3. The van der Waals surface area contributed by atoms with E-state index >= 15 is 0 Å². The first-order valence-corrected chi connectivity index (χ1v) is 7.01. The van der Waals surface area contributed by atoms with Gasteiger partial charge >= 0.3 is 0 Å². The highest BCUT2D eigenvalue weighted by Gasteiger charge is 2.50. The van der Waals surface area contributed by atoms with Gasteiger partial charge < -0.3 is 15.0 Å². The summed E-state index contributed by atoms with van der Waals surface area (Å²) in [6, 6.07) is 0. The minimum atomic E-state index is -0.832. The fourth-order valence-electron chi connectivity index (χ4n) is 2.67. The number of hydrogen-bond donors (Lipinski definition) is 1. The van der Waals surface area contributed by atoms with Crippen LogP contribution in [0.3, 0.4) is 0 Å². The Labute approximate surface area is 114 Å². The zero-order valence-corrected chi connectivity index (χ0v) is 12.3. The van der Waals surface area contributed by atoms with E-state index in [1.54, 1.807) is 32.6 Å². The van der Waals surface area contributed by atoms with Crippen molar-refractivity contribution in [2.24, 2.45) is 0 Å². The molecular formula is C14H24N2O3. The van der Waals surface area contributed by atoms with Gasteiger partial charge in [0.05, 0.1) is 6.10 Å². The molecule has 1 atom stereocenters. The maximum absolute atomic E-state index is 12.5. The van der Waals surface area contributed by atoms with Gasteiger partial charge in [-0.3, -0.25) is 9.59 Å². The predicted octanol–water partition coefficient (Wildman–Crippen LogP) is 1.07. The summed E-state index contributed by atoms with van der Waals surface area (Å²) in [5.74, 6) is -0.140. The molecule has 0 aromatic rings. The molecule has 2 aliphatic rings. The number of amides is 2. The summed E-state index contributed by atoms with van der Waals surface area (Å²) in [6.45, 7) is 8.33. The van der Waals surface area contributed by atoms with Crippen LogP contribution in [0.4, 0.5) is 0 Å². The molecule has 2 rings (SSSR count). The first-order chi connectivity index (χ1) is 8.75. The molecule has 2 fully saturated rings. The summed E-state index contributed by atoms with van der Waals surface area (Å²) in [5.41, 5.74) is -1.64. The van der Waals surface area contributed by atoms with Gasteiger partial charge in [0, 0.05) is 13.2 Å². The van der Waals surface area contributed by atoms with Gasteiger partial charge in [-0.25, -0.2) is 0 Å². The number of nitrogens with one attached hydrogen (secondary N) is 1. The first kappa shape index (κ1) is 14.3. The highest BCUT2D eigenvalue weighted by Crippen LogP contribution is 2.27. The molecule has 0 aromatic heterocycles. The molecule has 5 heteroatoms. The van der Waals surface area contributed by atoms with Crippen LogP contribution in [0.15, 0.2) is 0 Å². The van der Waals surface area contributed by atoms with E-state index in [2.05, 4.69) is 5.32 Å². The molecule has 2 saturated heterocycles. The Bertz CT molecular complexity index is 384. The Hall–Kier alpha value is -1.10. The molecule has 19 heavy (non-hydrogen) atoms. The van der Waals surface area contributed by atoms with Crippen LogP contribution in [-0.2, 0) is 14.3 Å². The number of carbonyl (C=O) groups is 2. The summed E-state index contributed by atoms with van der Waals surface area (Å²) in [7, 11) is 0. The number of nitrogens with zero attached hydrogens (tertiary/aromatic N) is 1. The molecule has 0 saturated carbocycles. The molecule has 2 heterocycles. The number of hydrogen-bond acceptors (Lipinski definition) is 3. The Morgan fingerprint density at radius 3 is 2.53 bits per heavy atom. The second-order valence-corrected chi connectivity index (χ2v) is 6.54. The lowest BCUT2D eigenvalue weighted by atomic mass is 9.89. The van der Waals surface area contributed by atoms with Crippen molar-refractivity contribution in [3.8, 4) is 0 Å². The molecule has 5 nitrogen and oxygen atoms in total. The van der Waals surface area contributed by atoms with Crippen LogP contribution >= 0.6 is 0 Å². The molecule has 108 valence electrons. The number of rotatable bonds is 2. The van der Waals surface area contributed by atoms with Crippen LogP contribution in [0.2, 0.25) is 0 Å². The molecular weight excluding hydrogens is 244 g/mol. The molecule has 1 N–H and O–H groups in total. The molecule has 0 bridgehead atoms. The first-order valence-electron chi connectivity index (χ1n) is 7.01. The molecule has 0 aromatic carbocycles. The maximum atomic E-state index is 12.5. The topological polar surface area (TPSA) is 58.6 Å². The number of piperazine rings is 1. The molecule has 1 unspecified atom stereocenters. The van der Waals surface area contributed by atoms with Crippen molar-refractivity contribution >= 4 is 11.8 Å². The summed E-state index contributed by atoms with van der Waals surface area (Å²) >= 11 is 0. The third-order valence-electron chi connectivity index (χ3n) is 4.10. The molecule has 0 spiro atoms. The van der Waals surface area contributed by atoms with Crippen molar-refractivity contribution in [1.29, 1.82) is 0 Å². The smallest absolute Gasteiger partial charge is 0.248 e. The quantitative estimate of drug-likeness (QED) is 0.815. The van der Waals surface area contributed by atoms with Gasteiger partial charge in [-0.05, 0) is 47.0 Å². The number of ether oxygens (including phenoxy) is 1. The lowest BCUT2D eigenvalue weighted by Gasteiger charge is -2.48. The third kappa shape index (κ3) is 2.61. The van der Waals surface area contributed by atoms with Crippen LogP contribution in [0.25, 0.3) is 0 Å². The van der Waals surface area contributed by atoms with E-state index in [1.807, 2.05) is 0 Å². The van der Waals surface area contributed by atoms with Gasteiger partial charge in [0.1, 0.15) is 11.1 Å². The van der Waals surface area contributed by atoms with E-state index in [0.717, 1.165) is 25.9 Å². The van der Waals surface area contributed by atoms with E-state index in [9.17, 15) is 9.59 Å². The van der Waals surface area contributed by atoms with Gasteiger partial charge in [-0.2, -0.15) is 0 Å². The fourth-order valence-corrected chi connectivity index (χ4v) is 2.67. The monoisotopic (exact) mass is 268 g/mol. The Morgan fingerprint density at radius 2 is 1.95 bits per heavy atom. The lowest BCUT2D eigenvalue weighted by Crippen LogP contribution is -2.73. The summed E-state index contributed by atoms with van der Waals surface area (Å²) in [4.78, 5) is 26.4. The summed E-state index contributed by atoms with van der Waals surface area (Å²) in [6.07, 6.45) is 3.23. The Kier molecular flexibility index (Phi) is 3.60. The highest BCUT2D eigenvalue weighted by atomic mass is 16.5. The average Bonchev–Trinajstić information content (AvgIpc) is 2.34. The summed E-state index contributed by atoms with van der Waals surface area (Å²) in [5, 5.41) is 2.79. The number of carbonyl (C=O) groups excluding carboxylic acids is 2. The van der Waals surface area contributed by atoms with E-state index in [1.165, 1.54) is 0 Å². The van der Waals surface area contributed by atoms with Gasteiger partial charge in [-0.1, -0.05) is 0 Å². The SMILES string of the molecule is CC1(C)NC(=O)C(C)(C)N(CC2CCCCO2)C1=O. The molecule has 0 aliphatic carbocycles. The van der Waals surface area contributed by atoms with E-state index in [-0.39, 0.29) is 17.9 Å². The van der Waals surface area contributed by atoms with Gasteiger partial charge in [0.15, 0.2) is 0 Å². The van der Waals surface area contributed by atoms with Crippen molar-refractivity contribution in [2.75, 3.05) is 13.2 Å². The Balaban J connectivity index is 2.18. The maximum Gasteiger partial charge on any atom is 0.248 e. The second-order valence-electron chi connectivity index (χ2n) is 6.54. The van der Waals surface area contributed by atoms with Crippen LogP contribution in [0.1, 0.15) is 47.0 Å². The van der Waals surface area contributed by atoms with Crippen molar-refractivity contribution < 1.29 is 14.3 Å². The van der Waals surface area contributed by atoms with Gasteiger partial charge in [0.2, 0.25) is 11.8 Å². The fraction of sp³-hybridized carbons (Fsp3) is 0.857. The highest BCUT2D eigenvalue weighted by molar-refractivity contribution is 6.01. The van der Waals surface area contributed by atoms with E-state index in [0.29, 0.717) is 6.54 Å². The van der Waals surface area contributed by atoms with Crippen LogP contribution in [-0.4, -0.2) is 47.0 Å². The van der Waals surface area contributed by atoms with E-state index < -0.39 is 11.1 Å². The zero-order valence-electron chi connectivity index (χ0n) is 12.3. The lowest BCUT2D eigenvalue weighted by molar-refractivity contribution is -0.162. The van der Waals surface area contributed by atoms with Crippen LogP contribution in [0.5, 0.6) is 0 Å². The molecule has 2 aliphatic heterocycles. The normalized spacial score (nSPS) is 30.1. The minimum Gasteiger partial charge on any atom is -0.376 e. The van der Waals surface area contributed by atoms with Crippen molar-refractivity contribution in [2.45, 2.75) is 64.1 Å². The van der Waals surface area contributed by atoms with Crippen molar-refractivity contribution in [3.63, 3.8) is 0 Å². The van der Waals surface area contributed by atoms with Crippen molar-refractivity contribution in [1.82, 2.24) is 10.2 Å². The standard InChI is InChI=1S/C14H24N2O3/c1-13(2)12(18)16(14(3,4)11(17)15-13)9-10-7-5-6-8-19-10/h10H,5-9H2,1-4H3,(H,15,17). The average molecular weight is 268 g/mol. The van der Waals surface area contributed by atoms with Gasteiger partial charge in [-0.15, -0.1) is 0 Å². The minimum absolute atomic E-state index is 0.0359. The van der Waals surface area contributed by atoms with E-state index in [4.69, 9.17) is 4.74 Å². The third-order valence-corrected chi connectivity index (χ3v) is 4.10. The molecule has 2 amide bonds. The summed E-state index contributed by atoms with van der Waals surface area (Å²) < 4.78 is 5.70. The largest absolute Gasteiger partial charge is 0.376 e. The predicted molar refractivity (Wildman–Crippen MR) is 71.6 cm³/mol.